The summed E-state index contributed by atoms with van der Waals surface area (Å²) in [6, 6.07) is 15.9. The van der Waals surface area contributed by atoms with Gasteiger partial charge in [0.2, 0.25) is 6.79 Å². The van der Waals surface area contributed by atoms with E-state index in [0.717, 1.165) is 35.1 Å². The van der Waals surface area contributed by atoms with E-state index in [1.54, 1.807) is 7.11 Å². The molecule has 30 heavy (non-hydrogen) atoms. The van der Waals surface area contributed by atoms with Crippen molar-refractivity contribution in [2.45, 2.75) is 18.6 Å². The molecule has 2 aliphatic rings. The second-order valence-electron chi connectivity index (χ2n) is 7.15. The van der Waals surface area contributed by atoms with Crippen molar-refractivity contribution in [2.75, 3.05) is 25.4 Å². The Hall–Kier alpha value is -3.10. The number of thiocarbonyl (C=S) groups is 1. The van der Waals surface area contributed by atoms with Gasteiger partial charge in [-0.1, -0.05) is 6.07 Å². The molecule has 1 aromatic carbocycles. The fraction of sp³-hybridized carbons (Fsp3) is 0.273. The maximum absolute atomic E-state index is 5.79. The number of nitrogens with one attached hydrogen (secondary N) is 1. The van der Waals surface area contributed by atoms with Gasteiger partial charge in [0.05, 0.1) is 18.3 Å². The fourth-order valence-electron chi connectivity index (χ4n) is 4.06. The van der Waals surface area contributed by atoms with Crippen molar-refractivity contribution < 1.29 is 14.2 Å². The normalized spacial score (nSPS) is 19.9. The summed E-state index contributed by atoms with van der Waals surface area (Å²) in [5.41, 5.74) is 3.01. The summed E-state index contributed by atoms with van der Waals surface area (Å²) < 4.78 is 18.6. The molecule has 1 fully saturated rings. The van der Waals surface area contributed by atoms with E-state index >= 15 is 0 Å². The van der Waals surface area contributed by atoms with Gasteiger partial charge in [-0.3, -0.25) is 4.98 Å². The largest absolute Gasteiger partial charge is 0.454 e. The molecule has 2 atom stereocenters. The molecule has 3 aromatic rings. The fourth-order valence-corrected chi connectivity index (χ4v) is 4.40. The van der Waals surface area contributed by atoms with Crippen LogP contribution in [0.1, 0.15) is 23.5 Å². The molecule has 1 N–H and O–H groups in total. The highest BCUT2D eigenvalue weighted by Crippen LogP contribution is 2.44. The molecule has 0 radical (unpaired) electrons. The molecule has 0 saturated carbocycles. The zero-order chi connectivity index (χ0) is 20.5. The van der Waals surface area contributed by atoms with Crippen LogP contribution in [0.25, 0.3) is 0 Å². The lowest BCUT2D eigenvalue weighted by Gasteiger charge is -2.29. The second-order valence-corrected chi connectivity index (χ2v) is 7.54. The van der Waals surface area contributed by atoms with Gasteiger partial charge in [-0.05, 0) is 48.6 Å². The van der Waals surface area contributed by atoms with Crippen LogP contribution in [-0.4, -0.2) is 35.2 Å². The number of hydrogen-bond acceptors (Lipinski definition) is 5. The van der Waals surface area contributed by atoms with Crippen LogP contribution in [-0.2, 0) is 11.3 Å². The first-order valence-corrected chi connectivity index (χ1v) is 10.2. The third-order valence-corrected chi connectivity index (χ3v) is 5.75. The minimum Gasteiger partial charge on any atom is -0.454 e. The first-order valence-electron chi connectivity index (χ1n) is 9.80. The van der Waals surface area contributed by atoms with Crippen molar-refractivity contribution in [3.63, 3.8) is 0 Å². The summed E-state index contributed by atoms with van der Waals surface area (Å²) >= 11 is 5.79. The average molecular weight is 423 g/mol. The van der Waals surface area contributed by atoms with Gasteiger partial charge in [0, 0.05) is 43.5 Å². The van der Waals surface area contributed by atoms with Crippen LogP contribution < -0.4 is 19.7 Å². The van der Waals surface area contributed by atoms with Gasteiger partial charge in [0.15, 0.2) is 16.6 Å². The van der Waals surface area contributed by atoms with Crippen molar-refractivity contribution in [1.82, 2.24) is 14.9 Å². The highest BCUT2D eigenvalue weighted by molar-refractivity contribution is 7.80. The van der Waals surface area contributed by atoms with Crippen molar-refractivity contribution in [1.29, 1.82) is 0 Å². The summed E-state index contributed by atoms with van der Waals surface area (Å²) in [7, 11) is 1.71. The highest BCUT2D eigenvalue weighted by atomic mass is 32.1. The zero-order valence-corrected chi connectivity index (χ0v) is 17.3. The topological polar surface area (TPSA) is 60.8 Å². The van der Waals surface area contributed by atoms with E-state index in [2.05, 4.69) is 38.1 Å². The molecular weight excluding hydrogens is 400 g/mol. The quantitative estimate of drug-likeness (QED) is 0.611. The third kappa shape index (κ3) is 3.28. The molecule has 0 bridgehead atoms. The minimum atomic E-state index is -0.0969. The van der Waals surface area contributed by atoms with Crippen LogP contribution in [0.3, 0.4) is 0 Å². The van der Waals surface area contributed by atoms with E-state index in [9.17, 15) is 0 Å². The Morgan fingerprint density at radius 2 is 2.07 bits per heavy atom. The Bertz CT molecular complexity index is 1060. The summed E-state index contributed by atoms with van der Waals surface area (Å²) in [5, 5.41) is 4.13. The summed E-state index contributed by atoms with van der Waals surface area (Å²) in [4.78, 5) is 6.74. The van der Waals surface area contributed by atoms with Gasteiger partial charge in [0.1, 0.15) is 6.04 Å². The summed E-state index contributed by atoms with van der Waals surface area (Å²) in [6.07, 6.45) is 3.88. The van der Waals surface area contributed by atoms with E-state index in [1.165, 1.54) is 0 Å². The first kappa shape index (κ1) is 18.9. The van der Waals surface area contributed by atoms with Gasteiger partial charge in [-0.25, -0.2) is 0 Å². The molecule has 0 spiro atoms. The van der Waals surface area contributed by atoms with Crippen molar-refractivity contribution >= 4 is 23.0 Å². The number of ether oxygens (including phenoxy) is 3. The van der Waals surface area contributed by atoms with E-state index in [0.29, 0.717) is 11.7 Å². The lowest BCUT2D eigenvalue weighted by Crippen LogP contribution is -2.30. The average Bonchev–Trinajstić information content (AvgIpc) is 3.50. The molecular formula is C22H22N4O3S. The monoisotopic (exact) mass is 422 g/mol. The Balaban J connectivity index is 1.60. The number of fused-ring (bicyclic) bond motifs is 1. The Labute approximate surface area is 180 Å². The van der Waals surface area contributed by atoms with Crippen LogP contribution in [0.2, 0.25) is 0 Å². The Kier molecular flexibility index (Phi) is 5.02. The number of nitrogens with zero attached hydrogens (tertiary/aromatic N) is 3. The number of methoxy groups -OCH3 is 1. The van der Waals surface area contributed by atoms with Gasteiger partial charge in [0.25, 0.3) is 0 Å². The van der Waals surface area contributed by atoms with Gasteiger partial charge in [-0.2, -0.15) is 0 Å². The third-order valence-electron chi connectivity index (χ3n) is 5.44. The number of rotatable bonds is 6. The molecule has 4 heterocycles. The van der Waals surface area contributed by atoms with Crippen molar-refractivity contribution in [3.05, 3.63) is 72.3 Å². The lowest BCUT2D eigenvalue weighted by molar-refractivity contribution is 0.174. The number of pyridine rings is 1. The van der Waals surface area contributed by atoms with Crippen LogP contribution in [0.15, 0.2) is 60.9 Å². The Morgan fingerprint density at radius 1 is 1.17 bits per heavy atom. The predicted molar refractivity (Wildman–Crippen MR) is 117 cm³/mol. The molecule has 2 unspecified atom stereocenters. The molecule has 1 saturated heterocycles. The Morgan fingerprint density at radius 3 is 2.90 bits per heavy atom. The molecule has 2 aliphatic heterocycles. The molecule has 2 aromatic heterocycles. The van der Waals surface area contributed by atoms with E-state index in [-0.39, 0.29) is 18.9 Å². The second kappa shape index (κ2) is 7.97. The molecule has 0 aliphatic carbocycles. The smallest absolute Gasteiger partial charge is 0.231 e. The van der Waals surface area contributed by atoms with E-state index in [1.807, 2.05) is 42.6 Å². The zero-order valence-electron chi connectivity index (χ0n) is 16.5. The number of benzene rings is 1. The van der Waals surface area contributed by atoms with Crippen LogP contribution in [0, 0.1) is 0 Å². The minimum absolute atomic E-state index is 0.0837. The van der Waals surface area contributed by atoms with Crippen LogP contribution in [0.5, 0.6) is 11.5 Å². The van der Waals surface area contributed by atoms with Crippen molar-refractivity contribution in [2.24, 2.45) is 0 Å². The number of aromatic nitrogens is 2. The number of anilines is 1. The van der Waals surface area contributed by atoms with Crippen LogP contribution >= 0.6 is 12.2 Å². The van der Waals surface area contributed by atoms with Gasteiger partial charge in [-0.15, -0.1) is 0 Å². The standard InChI is InChI=1S/C22H22N4O3S/c1-27-12-11-25-10-4-6-17(25)21-20(16-5-2-3-9-23-16)24-22(30)26(21)15-7-8-18-19(13-15)29-14-28-18/h2-10,13,20-21H,11-12,14H2,1H3,(H,24,30). The lowest BCUT2D eigenvalue weighted by atomic mass is 10.0. The summed E-state index contributed by atoms with van der Waals surface area (Å²) in [6.45, 7) is 1.62. The number of hydrogen-bond donors (Lipinski definition) is 1. The SMILES string of the molecule is COCCn1cccc1C1C(c2ccccn2)NC(=S)N1c1ccc2c(c1)OCO2. The maximum Gasteiger partial charge on any atom is 0.231 e. The highest BCUT2D eigenvalue weighted by Gasteiger charge is 2.42. The molecule has 7 nitrogen and oxygen atoms in total. The van der Waals surface area contributed by atoms with Gasteiger partial charge < -0.3 is 29.0 Å². The molecule has 8 heteroatoms. The first-order chi connectivity index (χ1) is 14.8. The molecule has 0 amide bonds. The molecule has 154 valence electrons. The van der Waals surface area contributed by atoms with E-state index in [4.69, 9.17) is 26.4 Å². The molecule has 5 rings (SSSR count). The predicted octanol–water partition coefficient (Wildman–Crippen LogP) is 3.44. The van der Waals surface area contributed by atoms with E-state index < -0.39 is 0 Å². The summed E-state index contributed by atoms with van der Waals surface area (Å²) in [5.74, 6) is 1.48. The van der Waals surface area contributed by atoms with Gasteiger partial charge >= 0.3 is 0 Å². The van der Waals surface area contributed by atoms with Crippen molar-refractivity contribution in [3.8, 4) is 11.5 Å². The maximum atomic E-state index is 5.79. The van der Waals surface area contributed by atoms with Crippen LogP contribution in [0.4, 0.5) is 5.69 Å².